The van der Waals surface area contributed by atoms with E-state index in [0.29, 0.717) is 10.8 Å². The average molecular weight is 245 g/mol. The van der Waals surface area contributed by atoms with Crippen molar-refractivity contribution in [3.63, 3.8) is 0 Å². The number of halogens is 1. The molecule has 2 aromatic carbocycles. The van der Waals surface area contributed by atoms with Crippen LogP contribution in [-0.2, 0) is 0 Å². The molecule has 5 heteroatoms. The minimum absolute atomic E-state index is 0.184. The molecule has 3 aromatic rings. The summed E-state index contributed by atoms with van der Waals surface area (Å²) in [6, 6.07) is 9.42. The summed E-state index contributed by atoms with van der Waals surface area (Å²) in [6.07, 6.45) is 0. The maximum Gasteiger partial charge on any atom is 0.222 e. The van der Waals surface area contributed by atoms with Gasteiger partial charge < -0.3 is 11.5 Å². The molecular weight excluding hydrogens is 236 g/mol. The summed E-state index contributed by atoms with van der Waals surface area (Å²) in [4.78, 5) is 8.15. The van der Waals surface area contributed by atoms with Crippen molar-refractivity contribution in [2.75, 3.05) is 11.5 Å². The summed E-state index contributed by atoms with van der Waals surface area (Å²) in [6.45, 7) is 0. The molecule has 0 unspecified atom stereocenters. The molecule has 4 N–H and O–H groups in total. The minimum Gasteiger partial charge on any atom is -0.383 e. The molecule has 0 saturated heterocycles. The lowest BCUT2D eigenvalue weighted by molar-refractivity contribution is 1.25. The number of benzene rings is 2. The van der Waals surface area contributed by atoms with Crippen molar-refractivity contribution in [3.8, 4) is 0 Å². The van der Waals surface area contributed by atoms with Crippen LogP contribution in [0, 0.1) is 0 Å². The van der Waals surface area contributed by atoms with Gasteiger partial charge in [0, 0.05) is 5.02 Å². The standard InChI is InChI=1S/C12H9ClN4/c13-7-2-3-8-6(5-7)1-4-9-10(8)11(14)17-12(15)16-9/h1-5H,(H4,14,15,16,17). The topological polar surface area (TPSA) is 77.8 Å². The maximum absolute atomic E-state index is 5.95. The zero-order chi connectivity index (χ0) is 12.0. The zero-order valence-electron chi connectivity index (χ0n) is 8.81. The third-order valence-corrected chi connectivity index (χ3v) is 2.92. The van der Waals surface area contributed by atoms with Crippen LogP contribution >= 0.6 is 11.6 Å². The minimum atomic E-state index is 0.184. The van der Waals surface area contributed by atoms with Crippen molar-refractivity contribution in [1.29, 1.82) is 0 Å². The van der Waals surface area contributed by atoms with E-state index in [1.165, 1.54) is 0 Å². The van der Waals surface area contributed by atoms with Crippen LogP contribution in [0.4, 0.5) is 11.8 Å². The number of anilines is 2. The van der Waals surface area contributed by atoms with Crippen LogP contribution in [0.15, 0.2) is 30.3 Å². The van der Waals surface area contributed by atoms with E-state index < -0.39 is 0 Å². The van der Waals surface area contributed by atoms with Gasteiger partial charge in [0.25, 0.3) is 0 Å². The third kappa shape index (κ3) is 1.54. The first-order chi connectivity index (χ1) is 8.15. The van der Waals surface area contributed by atoms with Crippen molar-refractivity contribution >= 4 is 45.0 Å². The molecule has 0 fully saturated rings. The van der Waals surface area contributed by atoms with Crippen LogP contribution in [0.1, 0.15) is 0 Å². The Kier molecular flexibility index (Phi) is 2.06. The summed E-state index contributed by atoms with van der Waals surface area (Å²) in [5.74, 6) is 0.573. The lowest BCUT2D eigenvalue weighted by Crippen LogP contribution is -2.00. The van der Waals surface area contributed by atoms with Crippen molar-refractivity contribution in [3.05, 3.63) is 35.4 Å². The van der Waals surface area contributed by atoms with Crippen LogP contribution in [0.3, 0.4) is 0 Å². The molecule has 0 radical (unpaired) electrons. The fourth-order valence-electron chi connectivity index (χ4n) is 1.98. The van der Waals surface area contributed by atoms with Gasteiger partial charge >= 0.3 is 0 Å². The maximum atomic E-state index is 5.95. The molecule has 84 valence electrons. The Balaban J connectivity index is 2.55. The molecule has 1 aromatic heterocycles. The van der Waals surface area contributed by atoms with Crippen molar-refractivity contribution in [2.24, 2.45) is 0 Å². The Hall–Kier alpha value is -2.07. The summed E-state index contributed by atoms with van der Waals surface area (Å²) in [5, 5.41) is 3.48. The van der Waals surface area contributed by atoms with Crippen LogP contribution in [0.2, 0.25) is 5.02 Å². The largest absolute Gasteiger partial charge is 0.383 e. The molecule has 0 atom stereocenters. The molecular formula is C12H9ClN4. The molecule has 1 heterocycles. The average Bonchev–Trinajstić information content (AvgIpc) is 2.28. The van der Waals surface area contributed by atoms with Gasteiger partial charge in [-0.3, -0.25) is 0 Å². The Labute approximate surface area is 102 Å². The normalized spacial score (nSPS) is 11.1. The first-order valence-corrected chi connectivity index (χ1v) is 5.44. The van der Waals surface area contributed by atoms with Gasteiger partial charge in [-0.15, -0.1) is 0 Å². The summed E-state index contributed by atoms with van der Waals surface area (Å²) < 4.78 is 0. The predicted octanol–water partition coefficient (Wildman–Crippen LogP) is 2.60. The highest BCUT2D eigenvalue weighted by molar-refractivity contribution is 6.31. The summed E-state index contributed by atoms with van der Waals surface area (Å²) in [5.41, 5.74) is 12.2. The van der Waals surface area contributed by atoms with Gasteiger partial charge in [-0.1, -0.05) is 23.7 Å². The number of aromatic nitrogens is 2. The molecule has 0 aliphatic rings. The van der Waals surface area contributed by atoms with Crippen molar-refractivity contribution in [2.45, 2.75) is 0 Å². The van der Waals surface area contributed by atoms with E-state index in [0.717, 1.165) is 21.7 Å². The Bertz CT molecular complexity index is 739. The highest BCUT2D eigenvalue weighted by Crippen LogP contribution is 2.29. The highest BCUT2D eigenvalue weighted by atomic mass is 35.5. The highest BCUT2D eigenvalue weighted by Gasteiger charge is 2.07. The fraction of sp³-hybridized carbons (Fsp3) is 0. The van der Waals surface area contributed by atoms with Gasteiger partial charge in [0.1, 0.15) is 5.82 Å². The second-order valence-corrected chi connectivity index (χ2v) is 4.23. The second kappa shape index (κ2) is 3.46. The molecule has 0 aliphatic carbocycles. The van der Waals surface area contributed by atoms with E-state index in [4.69, 9.17) is 23.1 Å². The SMILES string of the molecule is Nc1nc(N)c2c(ccc3cc(Cl)ccc32)n1. The monoisotopic (exact) mass is 244 g/mol. The lowest BCUT2D eigenvalue weighted by atomic mass is 10.1. The number of hydrogen-bond acceptors (Lipinski definition) is 4. The van der Waals surface area contributed by atoms with Crippen LogP contribution in [0.5, 0.6) is 0 Å². The molecule has 0 saturated carbocycles. The van der Waals surface area contributed by atoms with Crippen LogP contribution in [-0.4, -0.2) is 9.97 Å². The number of nitrogen functional groups attached to an aromatic ring is 2. The van der Waals surface area contributed by atoms with Gasteiger partial charge in [-0.05, 0) is 29.0 Å². The molecule has 0 aliphatic heterocycles. The summed E-state index contributed by atoms with van der Waals surface area (Å²) in [7, 11) is 0. The number of hydrogen-bond donors (Lipinski definition) is 2. The van der Waals surface area contributed by atoms with E-state index in [9.17, 15) is 0 Å². The van der Waals surface area contributed by atoms with E-state index in [1.807, 2.05) is 30.3 Å². The number of nitrogens with zero attached hydrogens (tertiary/aromatic N) is 2. The second-order valence-electron chi connectivity index (χ2n) is 3.79. The van der Waals surface area contributed by atoms with Gasteiger partial charge in [-0.25, -0.2) is 4.98 Å². The molecule has 4 nitrogen and oxygen atoms in total. The van der Waals surface area contributed by atoms with Crippen LogP contribution in [0.25, 0.3) is 21.7 Å². The van der Waals surface area contributed by atoms with Gasteiger partial charge in [0.2, 0.25) is 5.95 Å². The number of nitrogens with two attached hydrogens (primary N) is 2. The molecule has 0 amide bonds. The van der Waals surface area contributed by atoms with Crippen LogP contribution < -0.4 is 11.5 Å². The van der Waals surface area contributed by atoms with Crippen molar-refractivity contribution < 1.29 is 0 Å². The van der Waals surface area contributed by atoms with Crippen molar-refractivity contribution in [1.82, 2.24) is 9.97 Å². The molecule has 0 bridgehead atoms. The smallest absolute Gasteiger partial charge is 0.222 e. The van der Waals surface area contributed by atoms with Gasteiger partial charge in [0.15, 0.2) is 0 Å². The Morgan fingerprint density at radius 3 is 2.65 bits per heavy atom. The number of rotatable bonds is 0. The van der Waals surface area contributed by atoms with Gasteiger partial charge in [0.05, 0.1) is 10.9 Å². The molecule has 3 rings (SSSR count). The van der Waals surface area contributed by atoms with E-state index in [1.54, 1.807) is 0 Å². The molecule has 17 heavy (non-hydrogen) atoms. The third-order valence-electron chi connectivity index (χ3n) is 2.69. The van der Waals surface area contributed by atoms with Gasteiger partial charge in [-0.2, -0.15) is 4.98 Å². The quantitative estimate of drug-likeness (QED) is 0.596. The first kappa shape index (κ1) is 10.1. The van der Waals surface area contributed by atoms with E-state index >= 15 is 0 Å². The van der Waals surface area contributed by atoms with E-state index in [-0.39, 0.29) is 5.95 Å². The fourth-order valence-corrected chi connectivity index (χ4v) is 2.16. The lowest BCUT2D eigenvalue weighted by Gasteiger charge is -2.06. The Morgan fingerprint density at radius 2 is 1.82 bits per heavy atom. The number of fused-ring (bicyclic) bond motifs is 3. The Morgan fingerprint density at radius 1 is 1.00 bits per heavy atom. The zero-order valence-corrected chi connectivity index (χ0v) is 9.57. The molecule has 0 spiro atoms. The predicted molar refractivity (Wildman–Crippen MR) is 70.9 cm³/mol. The summed E-state index contributed by atoms with van der Waals surface area (Å²) >= 11 is 5.95. The first-order valence-electron chi connectivity index (χ1n) is 5.06. The van der Waals surface area contributed by atoms with E-state index in [2.05, 4.69) is 9.97 Å².